The van der Waals surface area contributed by atoms with Crippen molar-refractivity contribution in [3.63, 3.8) is 0 Å². The van der Waals surface area contributed by atoms with Crippen molar-refractivity contribution in [3.05, 3.63) is 0 Å². The van der Waals surface area contributed by atoms with Crippen molar-refractivity contribution in [2.45, 2.75) is 52.1 Å². The summed E-state index contributed by atoms with van der Waals surface area (Å²) in [5.74, 6) is -0.139. The van der Waals surface area contributed by atoms with Gasteiger partial charge in [0.1, 0.15) is 5.60 Å². The Hall–Kier alpha value is -1.26. The zero-order chi connectivity index (χ0) is 13.6. The number of amides is 1. The highest BCUT2D eigenvalue weighted by Gasteiger charge is 2.44. The zero-order valence-corrected chi connectivity index (χ0v) is 11.5. The van der Waals surface area contributed by atoms with Crippen LogP contribution in [0.2, 0.25) is 0 Å². The minimum Gasteiger partial charge on any atom is -0.466 e. The van der Waals surface area contributed by atoms with E-state index in [0.29, 0.717) is 13.2 Å². The largest absolute Gasteiger partial charge is 0.466 e. The lowest BCUT2D eigenvalue weighted by Crippen LogP contribution is -2.39. The summed E-state index contributed by atoms with van der Waals surface area (Å²) in [7, 11) is 0. The molecule has 1 heterocycles. The van der Waals surface area contributed by atoms with E-state index in [4.69, 9.17) is 9.47 Å². The number of esters is 1. The molecule has 104 valence electrons. The minimum atomic E-state index is -0.361. The highest BCUT2D eigenvalue weighted by Crippen LogP contribution is 2.37. The van der Waals surface area contributed by atoms with Crippen LogP contribution in [0.1, 0.15) is 46.5 Å². The highest BCUT2D eigenvalue weighted by atomic mass is 16.6. The van der Waals surface area contributed by atoms with Crippen LogP contribution in [-0.2, 0) is 14.3 Å². The molecule has 0 atom stereocenters. The maximum absolute atomic E-state index is 11.5. The topological polar surface area (TPSA) is 64.6 Å². The van der Waals surface area contributed by atoms with Gasteiger partial charge in [-0.3, -0.25) is 4.79 Å². The van der Waals surface area contributed by atoms with Crippen molar-refractivity contribution in [2.24, 2.45) is 5.92 Å². The van der Waals surface area contributed by atoms with Gasteiger partial charge in [0.15, 0.2) is 0 Å². The van der Waals surface area contributed by atoms with Gasteiger partial charge in [0.25, 0.3) is 0 Å². The van der Waals surface area contributed by atoms with E-state index in [-0.39, 0.29) is 23.6 Å². The summed E-state index contributed by atoms with van der Waals surface area (Å²) < 4.78 is 10.3. The van der Waals surface area contributed by atoms with E-state index in [2.05, 4.69) is 5.32 Å². The van der Waals surface area contributed by atoms with Gasteiger partial charge in [0, 0.05) is 0 Å². The van der Waals surface area contributed by atoms with Crippen molar-refractivity contribution in [1.82, 2.24) is 5.32 Å². The maximum Gasteiger partial charge on any atom is 0.407 e. The molecule has 2 fully saturated rings. The summed E-state index contributed by atoms with van der Waals surface area (Å²) in [4.78, 5) is 22.5. The van der Waals surface area contributed by atoms with Crippen LogP contribution >= 0.6 is 0 Å². The second-order valence-corrected chi connectivity index (χ2v) is 4.45. The molecular weight excluding hydrogens is 234 g/mol. The molecule has 1 N–H and O–H groups in total. The SMILES string of the molecule is CC.CCOC(=O)C1CCC2(CC1)CNC(=O)O2. The third-order valence-electron chi connectivity index (χ3n) is 3.38. The summed E-state index contributed by atoms with van der Waals surface area (Å²) in [5, 5.41) is 2.67. The van der Waals surface area contributed by atoms with E-state index in [1.165, 1.54) is 0 Å². The highest BCUT2D eigenvalue weighted by molar-refractivity contribution is 5.73. The first-order valence-electron chi connectivity index (χ1n) is 6.79. The van der Waals surface area contributed by atoms with Crippen LogP contribution in [0.15, 0.2) is 0 Å². The van der Waals surface area contributed by atoms with Crippen LogP contribution in [0.25, 0.3) is 0 Å². The van der Waals surface area contributed by atoms with E-state index in [0.717, 1.165) is 25.7 Å². The Morgan fingerprint density at radius 1 is 1.44 bits per heavy atom. The minimum absolute atomic E-state index is 0.0233. The van der Waals surface area contributed by atoms with Crippen LogP contribution in [0.4, 0.5) is 4.79 Å². The Kier molecular flexibility index (Phi) is 5.44. The lowest BCUT2D eigenvalue weighted by Gasteiger charge is -2.33. The first-order valence-corrected chi connectivity index (χ1v) is 6.79. The van der Waals surface area contributed by atoms with E-state index in [9.17, 15) is 9.59 Å². The average molecular weight is 257 g/mol. The fourth-order valence-corrected chi connectivity index (χ4v) is 2.42. The third kappa shape index (κ3) is 3.37. The molecule has 1 saturated heterocycles. The summed E-state index contributed by atoms with van der Waals surface area (Å²) in [6.45, 7) is 6.81. The second kappa shape index (κ2) is 6.61. The van der Waals surface area contributed by atoms with E-state index < -0.39 is 0 Å². The Morgan fingerprint density at radius 2 is 2.06 bits per heavy atom. The van der Waals surface area contributed by atoms with Crippen LogP contribution in [0.3, 0.4) is 0 Å². The second-order valence-electron chi connectivity index (χ2n) is 4.45. The van der Waals surface area contributed by atoms with Gasteiger partial charge in [0.2, 0.25) is 0 Å². The zero-order valence-electron chi connectivity index (χ0n) is 11.5. The van der Waals surface area contributed by atoms with Gasteiger partial charge < -0.3 is 14.8 Å². The summed E-state index contributed by atoms with van der Waals surface area (Å²) in [6, 6.07) is 0. The van der Waals surface area contributed by atoms with Crippen LogP contribution in [0, 0.1) is 5.92 Å². The molecule has 0 radical (unpaired) electrons. The van der Waals surface area contributed by atoms with Crippen molar-refractivity contribution in [2.75, 3.05) is 13.2 Å². The molecule has 1 amide bonds. The number of alkyl carbamates (subject to hydrolysis) is 1. The molecule has 2 aliphatic rings. The van der Waals surface area contributed by atoms with Crippen molar-refractivity contribution in [3.8, 4) is 0 Å². The van der Waals surface area contributed by atoms with Gasteiger partial charge in [-0.2, -0.15) is 0 Å². The normalized spacial score (nSPS) is 29.9. The molecule has 5 heteroatoms. The predicted octanol–water partition coefficient (Wildman–Crippen LogP) is 2.24. The van der Waals surface area contributed by atoms with E-state index in [1.54, 1.807) is 0 Å². The van der Waals surface area contributed by atoms with Gasteiger partial charge >= 0.3 is 12.1 Å². The molecule has 0 unspecified atom stereocenters. The standard InChI is InChI=1S/C11H17NO4.C2H6/c1-2-15-9(13)8-3-5-11(6-4-8)7-12-10(14)16-11;1-2/h8H,2-7H2,1H3,(H,12,14);1-2H3. The number of ether oxygens (including phenoxy) is 2. The molecule has 18 heavy (non-hydrogen) atoms. The molecule has 5 nitrogen and oxygen atoms in total. The number of hydrogen-bond donors (Lipinski definition) is 1. The molecule has 1 aliphatic heterocycles. The molecular formula is C13H23NO4. The Labute approximate surface area is 108 Å². The number of carbonyl (C=O) groups excluding carboxylic acids is 2. The average Bonchev–Trinajstić information content (AvgIpc) is 2.74. The van der Waals surface area contributed by atoms with Gasteiger partial charge in [-0.15, -0.1) is 0 Å². The Bertz CT molecular complexity index is 295. The maximum atomic E-state index is 11.5. The first-order chi connectivity index (χ1) is 8.65. The first kappa shape index (κ1) is 14.8. The quantitative estimate of drug-likeness (QED) is 0.770. The van der Waals surface area contributed by atoms with Crippen LogP contribution < -0.4 is 5.32 Å². The summed E-state index contributed by atoms with van der Waals surface area (Å²) >= 11 is 0. The van der Waals surface area contributed by atoms with Crippen LogP contribution in [0.5, 0.6) is 0 Å². The predicted molar refractivity (Wildman–Crippen MR) is 67.2 cm³/mol. The number of hydrogen-bond acceptors (Lipinski definition) is 4. The van der Waals surface area contributed by atoms with Gasteiger partial charge in [-0.25, -0.2) is 4.79 Å². The lowest BCUT2D eigenvalue weighted by atomic mass is 9.79. The van der Waals surface area contributed by atoms with E-state index in [1.807, 2.05) is 20.8 Å². The molecule has 0 aromatic rings. The lowest BCUT2D eigenvalue weighted by molar-refractivity contribution is -0.150. The molecule has 1 saturated carbocycles. The fourth-order valence-electron chi connectivity index (χ4n) is 2.42. The van der Waals surface area contributed by atoms with Crippen molar-refractivity contribution < 1.29 is 19.1 Å². The van der Waals surface area contributed by atoms with Gasteiger partial charge in [-0.05, 0) is 32.6 Å². The molecule has 0 aromatic carbocycles. The third-order valence-corrected chi connectivity index (χ3v) is 3.38. The molecule has 0 bridgehead atoms. The number of nitrogens with one attached hydrogen (secondary N) is 1. The van der Waals surface area contributed by atoms with Crippen molar-refractivity contribution >= 4 is 12.1 Å². The fraction of sp³-hybridized carbons (Fsp3) is 0.846. The van der Waals surface area contributed by atoms with Crippen molar-refractivity contribution in [1.29, 1.82) is 0 Å². The van der Waals surface area contributed by atoms with E-state index >= 15 is 0 Å². The summed E-state index contributed by atoms with van der Waals surface area (Å²) in [6.07, 6.45) is 2.64. The van der Waals surface area contributed by atoms with Crippen LogP contribution in [-0.4, -0.2) is 30.8 Å². The Balaban J connectivity index is 0.000000771. The molecule has 1 spiro atoms. The van der Waals surface area contributed by atoms with Gasteiger partial charge in [-0.1, -0.05) is 13.8 Å². The van der Waals surface area contributed by atoms with Gasteiger partial charge in [0.05, 0.1) is 19.1 Å². The molecule has 2 rings (SSSR count). The smallest absolute Gasteiger partial charge is 0.407 e. The monoisotopic (exact) mass is 257 g/mol. The summed E-state index contributed by atoms with van der Waals surface area (Å²) in [5.41, 5.74) is -0.361. The molecule has 0 aromatic heterocycles. The number of carbonyl (C=O) groups is 2. The molecule has 1 aliphatic carbocycles. The Morgan fingerprint density at radius 3 is 2.50 bits per heavy atom. The number of rotatable bonds is 2.